The van der Waals surface area contributed by atoms with Crippen LogP contribution in [-0.4, -0.2) is 43.3 Å². The van der Waals surface area contributed by atoms with Crippen molar-refractivity contribution >= 4 is 17.9 Å². The maximum absolute atomic E-state index is 12.9. The van der Waals surface area contributed by atoms with E-state index in [4.69, 9.17) is 9.84 Å². The van der Waals surface area contributed by atoms with Crippen LogP contribution < -0.4 is 20.1 Å². The van der Waals surface area contributed by atoms with Crippen LogP contribution in [0, 0.1) is 5.92 Å². The van der Waals surface area contributed by atoms with Gasteiger partial charge in [-0.3, -0.25) is 9.59 Å². The number of nitrogens with one attached hydrogen (secondary N) is 2. The molecule has 1 aliphatic rings. The number of ether oxygens (including phenoxy) is 2. The smallest absolute Gasteiger partial charge is 0.387 e. The number of amides is 2. The maximum Gasteiger partial charge on any atom is 0.387 e. The second-order valence-corrected chi connectivity index (χ2v) is 7.19. The Labute approximate surface area is 184 Å². The molecule has 0 radical (unpaired) electrons. The number of hydrogen-bond acceptors (Lipinski definition) is 5. The highest BCUT2D eigenvalue weighted by Crippen LogP contribution is 2.30. The molecule has 7 nitrogen and oxygen atoms in total. The van der Waals surface area contributed by atoms with Gasteiger partial charge in [-0.2, -0.15) is 8.78 Å². The highest BCUT2D eigenvalue weighted by atomic mass is 19.3. The topological polar surface area (TPSA) is 96.9 Å². The number of aliphatic hydroxyl groups excluding tert-OH is 1. The number of carbonyl (C=O) groups excluding carboxylic acids is 2. The summed E-state index contributed by atoms with van der Waals surface area (Å²) in [4.78, 5) is 25.4. The highest BCUT2D eigenvalue weighted by Gasteiger charge is 2.23. The van der Waals surface area contributed by atoms with Gasteiger partial charge in [-0.15, -0.1) is 0 Å². The third-order valence-electron chi connectivity index (χ3n) is 4.61. The van der Waals surface area contributed by atoms with E-state index in [2.05, 4.69) is 15.4 Å². The molecule has 2 amide bonds. The van der Waals surface area contributed by atoms with E-state index in [-0.39, 0.29) is 30.2 Å². The van der Waals surface area contributed by atoms with Crippen LogP contribution >= 0.6 is 0 Å². The molecule has 2 aromatic carbocycles. The number of aliphatic hydroxyl groups is 1. The minimum Gasteiger partial charge on any atom is -0.492 e. The minimum atomic E-state index is -2.95. The number of para-hydroxylation sites is 1. The normalized spacial score (nSPS) is 13.6. The lowest BCUT2D eigenvalue weighted by Gasteiger charge is -2.14. The van der Waals surface area contributed by atoms with E-state index in [0.29, 0.717) is 23.8 Å². The van der Waals surface area contributed by atoms with Gasteiger partial charge in [0.2, 0.25) is 0 Å². The minimum absolute atomic E-state index is 0.00566. The second-order valence-electron chi connectivity index (χ2n) is 7.19. The molecule has 170 valence electrons. The summed E-state index contributed by atoms with van der Waals surface area (Å²) in [6.07, 6.45) is 3.60. The number of hydrogen-bond donors (Lipinski definition) is 3. The molecule has 9 heteroatoms. The molecule has 2 aromatic rings. The third-order valence-corrected chi connectivity index (χ3v) is 4.61. The molecule has 1 saturated carbocycles. The van der Waals surface area contributed by atoms with Crippen molar-refractivity contribution in [1.29, 1.82) is 0 Å². The Kier molecular flexibility index (Phi) is 8.15. The molecule has 0 heterocycles. The van der Waals surface area contributed by atoms with Crippen molar-refractivity contribution in [3.05, 3.63) is 65.4 Å². The predicted molar refractivity (Wildman–Crippen MR) is 113 cm³/mol. The summed E-state index contributed by atoms with van der Waals surface area (Å²) < 4.78 is 34.7. The molecular weight excluding hydrogens is 422 g/mol. The van der Waals surface area contributed by atoms with Crippen LogP contribution in [0.3, 0.4) is 0 Å². The van der Waals surface area contributed by atoms with Crippen LogP contribution in [0.1, 0.15) is 28.8 Å². The fraction of sp³-hybridized carbons (Fsp3) is 0.304. The fourth-order valence-corrected chi connectivity index (χ4v) is 2.80. The van der Waals surface area contributed by atoms with Gasteiger partial charge in [-0.05, 0) is 54.7 Å². The van der Waals surface area contributed by atoms with E-state index in [1.807, 2.05) is 0 Å². The van der Waals surface area contributed by atoms with Crippen LogP contribution in [0.15, 0.2) is 54.2 Å². The first-order chi connectivity index (χ1) is 15.5. The first-order valence-corrected chi connectivity index (χ1v) is 10.1. The Hall–Kier alpha value is -3.46. The number of carbonyl (C=O) groups is 2. The van der Waals surface area contributed by atoms with Crippen molar-refractivity contribution in [2.45, 2.75) is 19.5 Å². The lowest BCUT2D eigenvalue weighted by atomic mass is 10.1. The Bertz CT molecular complexity index is 959. The highest BCUT2D eigenvalue weighted by molar-refractivity contribution is 6.06. The van der Waals surface area contributed by atoms with Gasteiger partial charge in [0, 0.05) is 6.54 Å². The van der Waals surface area contributed by atoms with Crippen molar-refractivity contribution in [1.82, 2.24) is 10.6 Å². The number of halogens is 2. The molecule has 0 aliphatic heterocycles. The van der Waals surface area contributed by atoms with E-state index >= 15 is 0 Å². The van der Waals surface area contributed by atoms with Gasteiger partial charge in [0.1, 0.15) is 17.2 Å². The Morgan fingerprint density at radius 3 is 2.50 bits per heavy atom. The summed E-state index contributed by atoms with van der Waals surface area (Å²) in [5.41, 5.74) is 0.664. The zero-order chi connectivity index (χ0) is 22.9. The SMILES string of the molecule is O=C(NCCO)C(=Cc1ccc(OC(F)F)cc1)NC(=O)c1ccccc1OCC1CC1. The number of benzene rings is 2. The van der Waals surface area contributed by atoms with Gasteiger partial charge < -0.3 is 25.2 Å². The van der Waals surface area contributed by atoms with Crippen LogP contribution in [0.4, 0.5) is 8.78 Å². The van der Waals surface area contributed by atoms with Crippen LogP contribution in [-0.2, 0) is 4.79 Å². The molecule has 0 spiro atoms. The third kappa shape index (κ3) is 7.05. The summed E-state index contributed by atoms with van der Waals surface area (Å²) in [5, 5.41) is 14.0. The van der Waals surface area contributed by atoms with E-state index in [1.54, 1.807) is 24.3 Å². The van der Waals surface area contributed by atoms with Crippen molar-refractivity contribution in [3.63, 3.8) is 0 Å². The molecule has 0 aromatic heterocycles. The van der Waals surface area contributed by atoms with Crippen LogP contribution in [0.25, 0.3) is 6.08 Å². The average molecular weight is 446 g/mol. The molecular formula is C23H24F2N2O5. The first-order valence-electron chi connectivity index (χ1n) is 10.1. The van der Waals surface area contributed by atoms with Gasteiger partial charge in [-0.25, -0.2) is 0 Å². The quantitative estimate of drug-likeness (QED) is 0.461. The summed E-state index contributed by atoms with van der Waals surface area (Å²) in [6, 6.07) is 12.3. The molecule has 3 N–H and O–H groups in total. The Balaban J connectivity index is 1.79. The number of rotatable bonds is 11. The standard InChI is InChI=1S/C23H24F2N2O5/c24-23(25)32-17-9-7-15(8-10-17)13-19(22(30)26-11-12-28)27-21(29)18-3-1-2-4-20(18)31-14-16-5-6-16/h1-4,7-10,13,16,23,28H,5-6,11-12,14H2,(H,26,30)(H,27,29). The van der Waals surface area contributed by atoms with E-state index in [9.17, 15) is 18.4 Å². The summed E-state index contributed by atoms with van der Waals surface area (Å²) >= 11 is 0. The van der Waals surface area contributed by atoms with Crippen LogP contribution in [0.5, 0.6) is 11.5 Å². The van der Waals surface area contributed by atoms with E-state index < -0.39 is 18.4 Å². The molecule has 3 rings (SSSR count). The van der Waals surface area contributed by atoms with E-state index in [1.165, 1.54) is 30.3 Å². The molecule has 1 fully saturated rings. The van der Waals surface area contributed by atoms with Gasteiger partial charge in [0.25, 0.3) is 11.8 Å². The van der Waals surface area contributed by atoms with Gasteiger partial charge >= 0.3 is 6.61 Å². The number of alkyl halides is 2. The molecule has 0 unspecified atom stereocenters. The lowest BCUT2D eigenvalue weighted by molar-refractivity contribution is -0.117. The maximum atomic E-state index is 12.9. The Morgan fingerprint density at radius 2 is 1.84 bits per heavy atom. The van der Waals surface area contributed by atoms with Crippen molar-refractivity contribution in [3.8, 4) is 11.5 Å². The monoisotopic (exact) mass is 446 g/mol. The van der Waals surface area contributed by atoms with Gasteiger partial charge in [0.05, 0.1) is 18.8 Å². The molecule has 32 heavy (non-hydrogen) atoms. The zero-order valence-electron chi connectivity index (χ0n) is 17.2. The molecule has 0 bridgehead atoms. The zero-order valence-corrected chi connectivity index (χ0v) is 17.2. The molecule has 0 atom stereocenters. The first kappa shape index (κ1) is 23.2. The van der Waals surface area contributed by atoms with Crippen molar-refractivity contribution in [2.24, 2.45) is 5.92 Å². The lowest BCUT2D eigenvalue weighted by Crippen LogP contribution is -2.36. The summed E-state index contributed by atoms with van der Waals surface area (Å²) in [6.45, 7) is -2.70. The van der Waals surface area contributed by atoms with Gasteiger partial charge in [0.15, 0.2) is 0 Å². The van der Waals surface area contributed by atoms with Crippen LogP contribution in [0.2, 0.25) is 0 Å². The van der Waals surface area contributed by atoms with Crippen molar-refractivity contribution in [2.75, 3.05) is 19.8 Å². The summed E-state index contributed by atoms with van der Waals surface area (Å²) in [5.74, 6) is -0.270. The van der Waals surface area contributed by atoms with Crippen molar-refractivity contribution < 1.29 is 33.0 Å². The van der Waals surface area contributed by atoms with Gasteiger partial charge in [-0.1, -0.05) is 24.3 Å². The predicted octanol–water partition coefficient (Wildman–Crippen LogP) is 2.96. The average Bonchev–Trinajstić information content (AvgIpc) is 3.61. The largest absolute Gasteiger partial charge is 0.492 e. The molecule has 1 aliphatic carbocycles. The summed E-state index contributed by atoms with van der Waals surface area (Å²) in [7, 11) is 0. The Morgan fingerprint density at radius 1 is 1.12 bits per heavy atom. The van der Waals surface area contributed by atoms with E-state index in [0.717, 1.165) is 12.8 Å². The molecule has 0 saturated heterocycles. The second kappa shape index (κ2) is 11.2. The fourth-order valence-electron chi connectivity index (χ4n) is 2.80.